The van der Waals surface area contributed by atoms with Gasteiger partial charge in [0.2, 0.25) is 5.91 Å². The van der Waals surface area contributed by atoms with Crippen LogP contribution in [0.25, 0.3) is 0 Å². The Morgan fingerprint density at radius 2 is 1.96 bits per heavy atom. The largest absolute Gasteiger partial charge is 0.464 e. The molecule has 1 aliphatic heterocycles. The molecule has 8 heteroatoms. The Balaban J connectivity index is 0.00000364. The maximum Gasteiger partial charge on any atom is 0.326 e. The van der Waals surface area contributed by atoms with Crippen LogP contribution < -0.4 is 0 Å². The Morgan fingerprint density at radius 1 is 1.30 bits per heavy atom. The van der Waals surface area contributed by atoms with E-state index in [9.17, 15) is 9.59 Å². The summed E-state index contributed by atoms with van der Waals surface area (Å²) in [5.74, 6) is 0.965. The summed E-state index contributed by atoms with van der Waals surface area (Å²) in [6.45, 7) is 6.20. The number of esters is 1. The van der Waals surface area contributed by atoms with E-state index in [1.165, 1.54) is 0 Å². The molecule has 0 unspecified atom stereocenters. The van der Waals surface area contributed by atoms with E-state index in [1.54, 1.807) is 17.0 Å². The molecule has 0 spiro atoms. The summed E-state index contributed by atoms with van der Waals surface area (Å²) in [6.07, 6.45) is 6.43. The highest BCUT2D eigenvalue weighted by Gasteiger charge is 2.24. The first kappa shape index (κ1) is 23.4. The number of imidazole rings is 1. The molecular formula is C19H33ClN4O3. The third kappa shape index (κ3) is 7.50. The van der Waals surface area contributed by atoms with Gasteiger partial charge in [-0.15, -0.1) is 12.4 Å². The van der Waals surface area contributed by atoms with E-state index in [0.29, 0.717) is 31.4 Å². The number of piperidine rings is 1. The van der Waals surface area contributed by atoms with Gasteiger partial charge in [-0.3, -0.25) is 9.59 Å². The smallest absolute Gasteiger partial charge is 0.326 e. The van der Waals surface area contributed by atoms with E-state index in [0.717, 1.165) is 31.8 Å². The number of likely N-dealkylation sites (tertiary alicyclic amines) is 1. The molecule has 0 aromatic carbocycles. The molecule has 1 amide bonds. The van der Waals surface area contributed by atoms with Crippen LogP contribution in [0.15, 0.2) is 12.4 Å². The van der Waals surface area contributed by atoms with Gasteiger partial charge in [-0.25, -0.2) is 4.98 Å². The van der Waals surface area contributed by atoms with Crippen molar-refractivity contribution < 1.29 is 14.3 Å². The molecule has 0 atom stereocenters. The molecule has 0 radical (unpaired) electrons. The lowest BCUT2D eigenvalue weighted by molar-refractivity contribution is -0.145. The van der Waals surface area contributed by atoms with Gasteiger partial charge < -0.3 is 19.1 Å². The van der Waals surface area contributed by atoms with Crippen molar-refractivity contribution in [2.75, 3.05) is 33.8 Å². The van der Waals surface area contributed by atoms with Crippen molar-refractivity contribution >= 4 is 24.3 Å². The molecule has 2 rings (SSSR count). The van der Waals surface area contributed by atoms with Crippen LogP contribution >= 0.6 is 12.4 Å². The van der Waals surface area contributed by atoms with E-state index in [2.05, 4.69) is 24.0 Å². The minimum atomic E-state index is -0.268. The van der Waals surface area contributed by atoms with E-state index >= 15 is 0 Å². The highest BCUT2D eigenvalue weighted by atomic mass is 35.5. The SMILES string of the molecule is CC(C)COC(=O)Cn1ccnc1CCC(=O)N1CCC(N(C)C)CC1.Cl. The van der Waals surface area contributed by atoms with Gasteiger partial charge in [0.15, 0.2) is 0 Å². The molecule has 1 aromatic rings. The molecule has 1 saturated heterocycles. The first-order valence-corrected chi connectivity index (χ1v) is 9.46. The highest BCUT2D eigenvalue weighted by Crippen LogP contribution is 2.15. The minimum Gasteiger partial charge on any atom is -0.464 e. The summed E-state index contributed by atoms with van der Waals surface area (Å²) in [4.78, 5) is 32.8. The summed E-state index contributed by atoms with van der Waals surface area (Å²) in [6, 6.07) is 0.565. The molecule has 0 N–H and O–H groups in total. The number of hydrogen-bond donors (Lipinski definition) is 0. The van der Waals surface area contributed by atoms with E-state index in [4.69, 9.17) is 4.74 Å². The number of hydrogen-bond acceptors (Lipinski definition) is 5. The Hall–Kier alpha value is -1.60. The number of aromatic nitrogens is 2. The summed E-state index contributed by atoms with van der Waals surface area (Å²) in [5, 5.41) is 0. The molecule has 2 heterocycles. The Morgan fingerprint density at radius 3 is 2.56 bits per heavy atom. The molecule has 0 saturated carbocycles. The van der Waals surface area contributed by atoms with Crippen molar-refractivity contribution in [3.8, 4) is 0 Å². The first-order valence-electron chi connectivity index (χ1n) is 9.46. The molecule has 1 fully saturated rings. The van der Waals surface area contributed by atoms with Crippen molar-refractivity contribution in [3.05, 3.63) is 18.2 Å². The van der Waals surface area contributed by atoms with Gasteiger partial charge in [0.1, 0.15) is 12.4 Å². The van der Waals surface area contributed by atoms with E-state index in [-0.39, 0.29) is 30.8 Å². The molecular weight excluding hydrogens is 368 g/mol. The third-order valence-electron chi connectivity index (χ3n) is 4.79. The quantitative estimate of drug-likeness (QED) is 0.624. The van der Waals surface area contributed by atoms with Crippen LogP contribution in [0.3, 0.4) is 0 Å². The number of amides is 1. The standard InChI is InChI=1S/C19H32N4O3.ClH/c1-15(2)14-26-19(25)13-23-12-9-20-17(23)5-6-18(24)22-10-7-16(8-11-22)21(3)4;/h9,12,15-16H,5-8,10-11,13-14H2,1-4H3;1H. The van der Waals surface area contributed by atoms with Crippen molar-refractivity contribution in [3.63, 3.8) is 0 Å². The normalized spacial score (nSPS) is 15.1. The van der Waals surface area contributed by atoms with Gasteiger partial charge >= 0.3 is 5.97 Å². The Bertz CT molecular complexity index is 596. The van der Waals surface area contributed by atoms with Crippen LogP contribution in [0.1, 0.15) is 38.9 Å². The second-order valence-corrected chi connectivity index (χ2v) is 7.62. The lowest BCUT2D eigenvalue weighted by atomic mass is 10.0. The maximum atomic E-state index is 12.5. The van der Waals surface area contributed by atoms with Crippen molar-refractivity contribution in [2.45, 2.75) is 52.1 Å². The fourth-order valence-electron chi connectivity index (χ4n) is 3.17. The molecule has 27 heavy (non-hydrogen) atoms. The predicted molar refractivity (Wildman–Crippen MR) is 107 cm³/mol. The summed E-state index contributed by atoms with van der Waals surface area (Å²) in [7, 11) is 4.18. The van der Waals surface area contributed by atoms with Crippen LogP contribution in [0.5, 0.6) is 0 Å². The van der Waals surface area contributed by atoms with Gasteiger partial charge in [-0.1, -0.05) is 13.8 Å². The van der Waals surface area contributed by atoms with Crippen LogP contribution in [0.2, 0.25) is 0 Å². The summed E-state index contributed by atoms with van der Waals surface area (Å²) < 4.78 is 6.99. The highest BCUT2D eigenvalue weighted by molar-refractivity contribution is 5.85. The number of aryl methyl sites for hydroxylation is 1. The summed E-state index contributed by atoms with van der Waals surface area (Å²) >= 11 is 0. The fourth-order valence-corrected chi connectivity index (χ4v) is 3.17. The van der Waals surface area contributed by atoms with Crippen molar-refractivity contribution in [1.82, 2.24) is 19.4 Å². The van der Waals surface area contributed by atoms with E-state index in [1.807, 2.05) is 18.7 Å². The molecule has 7 nitrogen and oxygen atoms in total. The maximum absolute atomic E-state index is 12.5. The van der Waals surface area contributed by atoms with E-state index < -0.39 is 0 Å². The molecule has 154 valence electrons. The zero-order valence-electron chi connectivity index (χ0n) is 16.9. The fraction of sp³-hybridized carbons (Fsp3) is 0.737. The number of rotatable bonds is 8. The average molecular weight is 401 g/mol. The zero-order valence-corrected chi connectivity index (χ0v) is 17.7. The van der Waals surface area contributed by atoms with Gasteiger partial charge in [-0.05, 0) is 32.9 Å². The van der Waals surface area contributed by atoms with Crippen molar-refractivity contribution in [2.24, 2.45) is 5.92 Å². The second kappa shape index (κ2) is 11.3. The topological polar surface area (TPSA) is 67.7 Å². The zero-order chi connectivity index (χ0) is 19.1. The third-order valence-corrected chi connectivity index (χ3v) is 4.79. The second-order valence-electron chi connectivity index (χ2n) is 7.62. The number of carbonyl (C=O) groups is 2. The van der Waals surface area contributed by atoms with Crippen LogP contribution in [-0.4, -0.2) is 71.1 Å². The molecule has 1 aromatic heterocycles. The average Bonchev–Trinajstić information content (AvgIpc) is 3.05. The summed E-state index contributed by atoms with van der Waals surface area (Å²) in [5.41, 5.74) is 0. The van der Waals surface area contributed by atoms with Gasteiger partial charge in [-0.2, -0.15) is 0 Å². The van der Waals surface area contributed by atoms with Gasteiger partial charge in [0.05, 0.1) is 6.61 Å². The number of carbonyl (C=O) groups excluding carboxylic acids is 2. The van der Waals surface area contributed by atoms with Crippen LogP contribution in [-0.2, 0) is 27.3 Å². The van der Waals surface area contributed by atoms with Crippen LogP contribution in [0.4, 0.5) is 0 Å². The first-order chi connectivity index (χ1) is 12.4. The monoisotopic (exact) mass is 400 g/mol. The minimum absolute atomic E-state index is 0. The Kier molecular flexibility index (Phi) is 9.80. The predicted octanol–water partition coefficient (Wildman–Crippen LogP) is 1.99. The van der Waals surface area contributed by atoms with Gasteiger partial charge in [0.25, 0.3) is 0 Å². The number of nitrogens with zero attached hydrogens (tertiary/aromatic N) is 4. The molecule has 1 aliphatic rings. The number of ether oxygens (including phenoxy) is 1. The van der Waals surface area contributed by atoms with Gasteiger partial charge in [0, 0.05) is 44.4 Å². The lowest BCUT2D eigenvalue weighted by Crippen LogP contribution is -2.44. The Labute approximate surface area is 168 Å². The lowest BCUT2D eigenvalue weighted by Gasteiger charge is -2.35. The molecule has 0 aliphatic carbocycles. The number of halogens is 1. The molecule has 0 bridgehead atoms. The van der Waals surface area contributed by atoms with Crippen LogP contribution in [0, 0.1) is 5.92 Å². The van der Waals surface area contributed by atoms with Crippen molar-refractivity contribution in [1.29, 1.82) is 0 Å².